The van der Waals surface area contributed by atoms with Gasteiger partial charge in [0.05, 0.1) is 10.6 Å². The molecule has 1 aromatic heterocycles. The summed E-state index contributed by atoms with van der Waals surface area (Å²) in [5.74, 6) is 0. The number of hydrogen-bond acceptors (Lipinski definition) is 6. The molecule has 0 spiro atoms. The van der Waals surface area contributed by atoms with Crippen LogP contribution < -0.4 is 14.9 Å². The Bertz CT molecular complexity index is 1310. The van der Waals surface area contributed by atoms with Crippen molar-refractivity contribution in [2.24, 2.45) is 0 Å². The topological polar surface area (TPSA) is 74.3 Å². The van der Waals surface area contributed by atoms with E-state index in [0.29, 0.717) is 11.1 Å². The Balaban J connectivity index is 1.72. The number of benzene rings is 3. The normalized spacial score (nSPS) is 11.4. The van der Waals surface area contributed by atoms with Gasteiger partial charge >= 0.3 is 0 Å². The number of thiazole rings is 1. The van der Waals surface area contributed by atoms with Gasteiger partial charge in [0.2, 0.25) is 0 Å². The molecule has 154 valence electrons. The average molecular weight is 439 g/mol. The zero-order valence-electron chi connectivity index (χ0n) is 16.9. The molecule has 0 aliphatic heterocycles. The summed E-state index contributed by atoms with van der Waals surface area (Å²) >= 11 is 1.50. The zero-order valence-corrected chi connectivity index (χ0v) is 18.5. The molecule has 6 nitrogen and oxygen atoms in total. The predicted molar refractivity (Wildman–Crippen MR) is 126 cm³/mol. The smallest absolute Gasteiger partial charge is 0.262 e. The molecule has 8 heteroatoms. The maximum Gasteiger partial charge on any atom is 0.262 e. The maximum absolute atomic E-state index is 13.2. The SMILES string of the molecule is CNc1nc(-c2cccc(NS(=O)(=O)c3cccc4c(N(C)C)cccc34)c2)cs1. The molecular formula is C22H22N4O2S2. The van der Waals surface area contributed by atoms with E-state index in [1.165, 1.54) is 11.3 Å². The van der Waals surface area contributed by atoms with Crippen molar-refractivity contribution in [2.75, 3.05) is 36.1 Å². The number of anilines is 3. The highest BCUT2D eigenvalue weighted by Crippen LogP contribution is 2.32. The van der Waals surface area contributed by atoms with Gasteiger partial charge in [0.25, 0.3) is 10.0 Å². The fraction of sp³-hybridized carbons (Fsp3) is 0.136. The average Bonchev–Trinajstić information content (AvgIpc) is 3.22. The minimum Gasteiger partial charge on any atom is -0.377 e. The largest absolute Gasteiger partial charge is 0.377 e. The van der Waals surface area contributed by atoms with Crippen LogP contribution in [0.25, 0.3) is 22.0 Å². The van der Waals surface area contributed by atoms with E-state index in [9.17, 15) is 8.42 Å². The molecule has 0 atom stereocenters. The third kappa shape index (κ3) is 3.83. The van der Waals surface area contributed by atoms with Gasteiger partial charge in [-0.2, -0.15) is 0 Å². The van der Waals surface area contributed by atoms with Gasteiger partial charge in [-0.05, 0) is 24.3 Å². The summed E-state index contributed by atoms with van der Waals surface area (Å²) in [6.07, 6.45) is 0. The Hall–Kier alpha value is -3.10. The van der Waals surface area contributed by atoms with Crippen molar-refractivity contribution < 1.29 is 8.42 Å². The Morgan fingerprint density at radius 2 is 1.70 bits per heavy atom. The minimum atomic E-state index is -3.78. The first-order valence-electron chi connectivity index (χ1n) is 9.34. The van der Waals surface area contributed by atoms with Crippen LogP contribution >= 0.6 is 11.3 Å². The first-order valence-corrected chi connectivity index (χ1v) is 11.7. The van der Waals surface area contributed by atoms with E-state index in [1.54, 1.807) is 24.3 Å². The van der Waals surface area contributed by atoms with Gasteiger partial charge in [0, 0.05) is 54.2 Å². The fourth-order valence-electron chi connectivity index (χ4n) is 3.36. The standard InChI is InChI=1S/C22H22N4O2S2/c1-23-22-24-19(14-29-22)15-7-4-8-16(13-15)25-30(27,28)21-12-6-9-17-18(21)10-5-11-20(17)26(2)3/h4-14,25H,1-3H3,(H,23,24). The number of aromatic nitrogens is 1. The van der Waals surface area contributed by atoms with E-state index in [-0.39, 0.29) is 4.90 Å². The summed E-state index contributed by atoms with van der Waals surface area (Å²) in [5, 5.41) is 7.34. The number of rotatable bonds is 6. The van der Waals surface area contributed by atoms with Crippen LogP contribution in [0.5, 0.6) is 0 Å². The quantitative estimate of drug-likeness (QED) is 0.449. The van der Waals surface area contributed by atoms with Crippen molar-refractivity contribution >= 4 is 48.6 Å². The minimum absolute atomic E-state index is 0.250. The number of fused-ring (bicyclic) bond motifs is 1. The Kier molecular flexibility index (Phi) is 5.36. The molecule has 0 bridgehead atoms. The van der Waals surface area contributed by atoms with E-state index < -0.39 is 10.0 Å². The molecule has 0 fully saturated rings. The summed E-state index contributed by atoms with van der Waals surface area (Å²) in [6.45, 7) is 0. The monoisotopic (exact) mass is 438 g/mol. The summed E-state index contributed by atoms with van der Waals surface area (Å²) in [7, 11) is 1.92. The molecule has 2 N–H and O–H groups in total. The summed E-state index contributed by atoms with van der Waals surface area (Å²) in [4.78, 5) is 6.71. The van der Waals surface area contributed by atoms with E-state index in [2.05, 4.69) is 15.0 Å². The van der Waals surface area contributed by atoms with Crippen LogP contribution in [0.3, 0.4) is 0 Å². The van der Waals surface area contributed by atoms with Gasteiger partial charge in [-0.15, -0.1) is 11.3 Å². The molecule has 0 saturated heterocycles. The lowest BCUT2D eigenvalue weighted by atomic mass is 10.1. The Labute approximate surface area is 180 Å². The zero-order chi connectivity index (χ0) is 21.3. The molecule has 3 aromatic carbocycles. The van der Waals surface area contributed by atoms with Crippen LogP contribution in [0.15, 0.2) is 70.9 Å². The van der Waals surface area contributed by atoms with Gasteiger partial charge in [0.15, 0.2) is 5.13 Å². The molecule has 0 aliphatic rings. The van der Waals surface area contributed by atoms with Crippen molar-refractivity contribution in [1.29, 1.82) is 0 Å². The first-order chi connectivity index (χ1) is 14.4. The van der Waals surface area contributed by atoms with Crippen LogP contribution in [0.1, 0.15) is 0 Å². The van der Waals surface area contributed by atoms with Gasteiger partial charge in [-0.3, -0.25) is 4.72 Å². The summed E-state index contributed by atoms with van der Waals surface area (Å²) in [6, 6.07) is 18.3. The molecule has 0 unspecified atom stereocenters. The maximum atomic E-state index is 13.2. The van der Waals surface area contributed by atoms with Crippen LogP contribution in [0.2, 0.25) is 0 Å². The first kappa shape index (κ1) is 20.2. The number of sulfonamides is 1. The van der Waals surface area contributed by atoms with E-state index >= 15 is 0 Å². The Morgan fingerprint density at radius 3 is 2.43 bits per heavy atom. The lowest BCUT2D eigenvalue weighted by Crippen LogP contribution is -2.14. The van der Waals surface area contributed by atoms with Gasteiger partial charge in [-0.25, -0.2) is 13.4 Å². The molecule has 0 amide bonds. The second kappa shape index (κ2) is 7.97. The van der Waals surface area contributed by atoms with Crippen LogP contribution in [-0.2, 0) is 10.0 Å². The Morgan fingerprint density at radius 1 is 0.967 bits per heavy atom. The van der Waals surface area contributed by atoms with E-state index in [1.807, 2.05) is 67.8 Å². The van der Waals surface area contributed by atoms with E-state index in [0.717, 1.165) is 27.5 Å². The summed E-state index contributed by atoms with van der Waals surface area (Å²) in [5.41, 5.74) is 3.11. The van der Waals surface area contributed by atoms with Crippen molar-refractivity contribution in [2.45, 2.75) is 4.90 Å². The highest BCUT2D eigenvalue weighted by atomic mass is 32.2. The molecule has 4 rings (SSSR count). The molecule has 0 saturated carbocycles. The molecule has 0 aliphatic carbocycles. The van der Waals surface area contributed by atoms with Gasteiger partial charge in [-0.1, -0.05) is 36.4 Å². The highest BCUT2D eigenvalue weighted by molar-refractivity contribution is 7.93. The van der Waals surface area contributed by atoms with E-state index in [4.69, 9.17) is 0 Å². The molecule has 4 aromatic rings. The third-order valence-electron chi connectivity index (χ3n) is 4.76. The van der Waals surface area contributed by atoms with Crippen LogP contribution in [0, 0.1) is 0 Å². The predicted octanol–water partition coefficient (Wildman–Crippen LogP) is 4.87. The third-order valence-corrected chi connectivity index (χ3v) is 7.06. The lowest BCUT2D eigenvalue weighted by Gasteiger charge is -2.17. The molecular weight excluding hydrogens is 416 g/mol. The number of nitrogens with one attached hydrogen (secondary N) is 2. The fourth-order valence-corrected chi connectivity index (χ4v) is 5.32. The second-order valence-corrected chi connectivity index (χ2v) is 9.51. The number of nitrogens with zero attached hydrogens (tertiary/aromatic N) is 2. The molecule has 1 heterocycles. The van der Waals surface area contributed by atoms with Gasteiger partial charge < -0.3 is 10.2 Å². The van der Waals surface area contributed by atoms with Crippen LogP contribution in [0.4, 0.5) is 16.5 Å². The van der Waals surface area contributed by atoms with Crippen molar-refractivity contribution in [3.05, 3.63) is 66.0 Å². The van der Waals surface area contributed by atoms with Gasteiger partial charge in [0.1, 0.15) is 0 Å². The van der Waals surface area contributed by atoms with Crippen molar-refractivity contribution in [3.63, 3.8) is 0 Å². The molecule has 30 heavy (non-hydrogen) atoms. The highest BCUT2D eigenvalue weighted by Gasteiger charge is 2.19. The second-order valence-electron chi connectivity index (χ2n) is 7.00. The van der Waals surface area contributed by atoms with Crippen molar-refractivity contribution in [3.8, 4) is 11.3 Å². The van der Waals surface area contributed by atoms with Crippen molar-refractivity contribution in [1.82, 2.24) is 4.98 Å². The molecule has 0 radical (unpaired) electrons. The lowest BCUT2D eigenvalue weighted by molar-refractivity contribution is 0.602. The number of hydrogen-bond donors (Lipinski definition) is 2. The summed E-state index contributed by atoms with van der Waals surface area (Å²) < 4.78 is 29.2. The van der Waals surface area contributed by atoms with Crippen LogP contribution in [-0.4, -0.2) is 34.5 Å².